The van der Waals surface area contributed by atoms with Crippen LogP contribution in [0, 0.1) is 0 Å². The summed E-state index contributed by atoms with van der Waals surface area (Å²) < 4.78 is 10.7. The molecule has 1 atom stereocenters. The summed E-state index contributed by atoms with van der Waals surface area (Å²) in [6.07, 6.45) is 0. The maximum atomic E-state index is 5.60. The fourth-order valence-corrected chi connectivity index (χ4v) is 1.17. The van der Waals surface area contributed by atoms with Crippen molar-refractivity contribution in [3.8, 4) is 5.75 Å². The number of para-hydroxylation sites is 1. The highest BCUT2D eigenvalue weighted by atomic mass is 16.5. The van der Waals surface area contributed by atoms with Crippen LogP contribution >= 0.6 is 0 Å². The van der Waals surface area contributed by atoms with E-state index < -0.39 is 0 Å². The number of benzene rings is 1. The molecule has 0 saturated carbocycles. The van der Waals surface area contributed by atoms with Gasteiger partial charge in [0.05, 0.1) is 6.04 Å². The SMILES string of the molecule is CC(N)c1nnc(COc2ccccc2)o1. The predicted octanol–water partition coefficient (Wildman–Crippen LogP) is 1.67. The smallest absolute Gasteiger partial charge is 0.253 e. The summed E-state index contributed by atoms with van der Waals surface area (Å²) in [6.45, 7) is 2.04. The Kier molecular flexibility index (Phi) is 3.16. The van der Waals surface area contributed by atoms with Crippen LogP contribution in [0.4, 0.5) is 0 Å². The average Bonchev–Trinajstić information content (AvgIpc) is 2.76. The van der Waals surface area contributed by atoms with Gasteiger partial charge in [0.15, 0.2) is 6.61 Å². The van der Waals surface area contributed by atoms with Crippen molar-refractivity contribution in [3.63, 3.8) is 0 Å². The molecule has 0 radical (unpaired) electrons. The molecule has 5 heteroatoms. The zero-order chi connectivity index (χ0) is 11.4. The van der Waals surface area contributed by atoms with Gasteiger partial charge in [-0.25, -0.2) is 0 Å². The van der Waals surface area contributed by atoms with E-state index in [4.69, 9.17) is 14.9 Å². The van der Waals surface area contributed by atoms with Crippen LogP contribution in [0.5, 0.6) is 5.75 Å². The molecule has 0 bridgehead atoms. The van der Waals surface area contributed by atoms with E-state index in [1.54, 1.807) is 6.92 Å². The van der Waals surface area contributed by atoms with E-state index in [1.807, 2.05) is 30.3 Å². The fraction of sp³-hybridized carbons (Fsp3) is 0.273. The van der Waals surface area contributed by atoms with Gasteiger partial charge in [-0.1, -0.05) is 18.2 Å². The number of hydrogen-bond donors (Lipinski definition) is 1. The number of ether oxygens (including phenoxy) is 1. The molecule has 1 heterocycles. The van der Waals surface area contributed by atoms with Crippen LogP contribution in [0.2, 0.25) is 0 Å². The van der Waals surface area contributed by atoms with Crippen molar-refractivity contribution >= 4 is 0 Å². The second-order valence-electron chi connectivity index (χ2n) is 3.42. The normalized spacial score (nSPS) is 12.4. The van der Waals surface area contributed by atoms with Gasteiger partial charge in [-0.2, -0.15) is 0 Å². The lowest BCUT2D eigenvalue weighted by molar-refractivity contribution is 0.257. The van der Waals surface area contributed by atoms with Crippen LogP contribution in [-0.2, 0) is 6.61 Å². The van der Waals surface area contributed by atoms with Crippen LogP contribution in [0.3, 0.4) is 0 Å². The van der Waals surface area contributed by atoms with Gasteiger partial charge in [0.2, 0.25) is 5.89 Å². The van der Waals surface area contributed by atoms with Crippen molar-refractivity contribution in [3.05, 3.63) is 42.1 Å². The van der Waals surface area contributed by atoms with Gasteiger partial charge >= 0.3 is 0 Å². The Balaban J connectivity index is 1.95. The van der Waals surface area contributed by atoms with Crippen molar-refractivity contribution in [1.82, 2.24) is 10.2 Å². The van der Waals surface area contributed by atoms with Gasteiger partial charge in [0.25, 0.3) is 5.89 Å². The summed E-state index contributed by atoms with van der Waals surface area (Å²) >= 11 is 0. The quantitative estimate of drug-likeness (QED) is 0.846. The van der Waals surface area contributed by atoms with Crippen molar-refractivity contribution in [2.75, 3.05) is 0 Å². The van der Waals surface area contributed by atoms with Crippen molar-refractivity contribution in [2.24, 2.45) is 5.73 Å². The Labute approximate surface area is 93.2 Å². The Morgan fingerprint density at radius 2 is 2.06 bits per heavy atom. The Hall–Kier alpha value is -1.88. The van der Waals surface area contributed by atoms with E-state index in [9.17, 15) is 0 Å². The fourth-order valence-electron chi connectivity index (χ4n) is 1.17. The Morgan fingerprint density at radius 3 is 2.69 bits per heavy atom. The summed E-state index contributed by atoms with van der Waals surface area (Å²) in [5.74, 6) is 1.62. The maximum Gasteiger partial charge on any atom is 0.253 e. The lowest BCUT2D eigenvalue weighted by atomic mass is 10.3. The minimum Gasteiger partial charge on any atom is -0.484 e. The highest BCUT2D eigenvalue weighted by Crippen LogP contribution is 2.12. The van der Waals surface area contributed by atoms with Gasteiger partial charge in [-0.3, -0.25) is 0 Å². The molecule has 2 N–H and O–H groups in total. The monoisotopic (exact) mass is 219 g/mol. The van der Waals surface area contributed by atoms with E-state index in [2.05, 4.69) is 10.2 Å². The topological polar surface area (TPSA) is 74.2 Å². The van der Waals surface area contributed by atoms with Crippen molar-refractivity contribution in [2.45, 2.75) is 19.6 Å². The van der Waals surface area contributed by atoms with Gasteiger partial charge in [0.1, 0.15) is 5.75 Å². The zero-order valence-electron chi connectivity index (χ0n) is 8.96. The lowest BCUT2D eigenvalue weighted by Crippen LogP contribution is -2.04. The first-order chi connectivity index (χ1) is 7.75. The van der Waals surface area contributed by atoms with E-state index in [-0.39, 0.29) is 12.6 Å². The number of nitrogens with two attached hydrogens (primary N) is 1. The molecule has 0 spiro atoms. The van der Waals surface area contributed by atoms with Crippen molar-refractivity contribution < 1.29 is 9.15 Å². The molecule has 2 aromatic rings. The predicted molar refractivity (Wildman–Crippen MR) is 57.7 cm³/mol. The minimum atomic E-state index is -0.252. The Morgan fingerprint density at radius 1 is 1.31 bits per heavy atom. The molecular formula is C11H13N3O2. The lowest BCUT2D eigenvalue weighted by Gasteiger charge is -2.01. The first-order valence-corrected chi connectivity index (χ1v) is 5.01. The van der Waals surface area contributed by atoms with Gasteiger partial charge in [-0.15, -0.1) is 10.2 Å². The third-order valence-electron chi connectivity index (χ3n) is 1.98. The van der Waals surface area contributed by atoms with E-state index in [1.165, 1.54) is 0 Å². The number of aromatic nitrogens is 2. The maximum absolute atomic E-state index is 5.60. The first kappa shape index (κ1) is 10.6. The largest absolute Gasteiger partial charge is 0.484 e. The summed E-state index contributed by atoms with van der Waals surface area (Å²) in [5, 5.41) is 7.64. The average molecular weight is 219 g/mol. The summed E-state index contributed by atoms with van der Waals surface area (Å²) in [4.78, 5) is 0. The molecule has 1 aromatic carbocycles. The molecule has 0 aliphatic rings. The van der Waals surface area contributed by atoms with Gasteiger partial charge in [0, 0.05) is 0 Å². The zero-order valence-corrected chi connectivity index (χ0v) is 8.96. The molecule has 1 aromatic heterocycles. The highest BCUT2D eigenvalue weighted by molar-refractivity contribution is 5.20. The second-order valence-corrected chi connectivity index (χ2v) is 3.42. The molecule has 0 aliphatic heterocycles. The van der Waals surface area contributed by atoms with E-state index in [0.717, 1.165) is 5.75 Å². The number of nitrogens with zero attached hydrogens (tertiary/aromatic N) is 2. The molecule has 0 fully saturated rings. The van der Waals surface area contributed by atoms with Crippen LogP contribution in [0.1, 0.15) is 24.7 Å². The van der Waals surface area contributed by atoms with Gasteiger partial charge in [-0.05, 0) is 19.1 Å². The number of hydrogen-bond acceptors (Lipinski definition) is 5. The molecule has 16 heavy (non-hydrogen) atoms. The first-order valence-electron chi connectivity index (χ1n) is 5.01. The van der Waals surface area contributed by atoms with Gasteiger partial charge < -0.3 is 14.9 Å². The third-order valence-corrected chi connectivity index (χ3v) is 1.98. The molecule has 84 valence electrons. The van der Waals surface area contributed by atoms with E-state index in [0.29, 0.717) is 11.8 Å². The standard InChI is InChI=1S/C11H13N3O2/c1-8(12)11-14-13-10(16-11)7-15-9-5-3-2-4-6-9/h2-6,8H,7,12H2,1H3. The third kappa shape index (κ3) is 2.58. The Bertz CT molecular complexity index is 440. The van der Waals surface area contributed by atoms with Crippen molar-refractivity contribution in [1.29, 1.82) is 0 Å². The second kappa shape index (κ2) is 4.76. The molecule has 5 nitrogen and oxygen atoms in total. The molecule has 0 amide bonds. The van der Waals surface area contributed by atoms with Crippen LogP contribution in [0.25, 0.3) is 0 Å². The minimum absolute atomic E-state index is 0.252. The van der Waals surface area contributed by atoms with E-state index >= 15 is 0 Å². The summed E-state index contributed by atoms with van der Waals surface area (Å²) in [7, 11) is 0. The van der Waals surface area contributed by atoms with Crippen LogP contribution in [-0.4, -0.2) is 10.2 Å². The molecule has 2 rings (SSSR count). The molecule has 1 unspecified atom stereocenters. The molecule has 0 saturated heterocycles. The summed E-state index contributed by atoms with van der Waals surface area (Å²) in [6, 6.07) is 9.20. The number of rotatable bonds is 4. The summed E-state index contributed by atoms with van der Waals surface area (Å²) in [5.41, 5.74) is 5.60. The van der Waals surface area contributed by atoms with Crippen LogP contribution < -0.4 is 10.5 Å². The molecule has 0 aliphatic carbocycles. The molecular weight excluding hydrogens is 206 g/mol. The highest BCUT2D eigenvalue weighted by Gasteiger charge is 2.09. The van der Waals surface area contributed by atoms with Crippen LogP contribution in [0.15, 0.2) is 34.7 Å².